The molecule has 16 heavy (non-hydrogen) atoms. The van der Waals surface area contributed by atoms with Crippen LogP contribution in [0.1, 0.15) is 39.5 Å². The van der Waals surface area contributed by atoms with Crippen molar-refractivity contribution in [2.45, 2.75) is 50.8 Å². The van der Waals surface area contributed by atoms with Gasteiger partial charge in [-0.3, -0.25) is 5.41 Å². The van der Waals surface area contributed by atoms with Gasteiger partial charge in [-0.05, 0) is 18.8 Å². The molecule has 1 atom stereocenters. The molecular weight excluding hydrogens is 226 g/mol. The average Bonchev–Trinajstić information content (AvgIpc) is 2.66. The predicted molar refractivity (Wildman–Crippen MR) is 64.9 cm³/mol. The molecule has 6 heteroatoms. The maximum atomic E-state index is 12.0. The van der Waals surface area contributed by atoms with E-state index in [1.54, 1.807) is 0 Å². The zero-order valence-electron chi connectivity index (χ0n) is 9.86. The van der Waals surface area contributed by atoms with E-state index in [1.165, 1.54) is 0 Å². The fraction of sp³-hybridized carbons (Fsp3) is 0.900. The first-order valence-corrected chi connectivity index (χ1v) is 7.24. The van der Waals surface area contributed by atoms with Gasteiger partial charge in [-0.15, -0.1) is 0 Å². The number of rotatable bonds is 5. The summed E-state index contributed by atoms with van der Waals surface area (Å²) in [5, 5.41) is 7.09. The minimum absolute atomic E-state index is 0.00585. The molecule has 0 aliphatic heterocycles. The molecule has 0 aromatic heterocycles. The Kier molecular flexibility index (Phi) is 4.32. The monoisotopic (exact) mass is 247 g/mol. The number of sulfonamides is 1. The lowest BCUT2D eigenvalue weighted by Crippen LogP contribution is -2.49. The van der Waals surface area contributed by atoms with Crippen molar-refractivity contribution < 1.29 is 8.42 Å². The molecule has 5 nitrogen and oxygen atoms in total. The molecule has 1 aliphatic rings. The van der Waals surface area contributed by atoms with Crippen molar-refractivity contribution in [3.05, 3.63) is 0 Å². The zero-order valence-corrected chi connectivity index (χ0v) is 10.7. The van der Waals surface area contributed by atoms with Crippen molar-refractivity contribution in [1.82, 2.24) is 4.72 Å². The Morgan fingerprint density at radius 2 is 1.88 bits per heavy atom. The topological polar surface area (TPSA) is 96.0 Å². The van der Waals surface area contributed by atoms with E-state index >= 15 is 0 Å². The third kappa shape index (κ3) is 3.18. The molecule has 0 amide bonds. The standard InChI is InChI=1S/C10H21N3O2S/c1-7(2)9(10(11)12)13-16(14,15)8-5-3-4-6-8/h7-9,13H,3-6H2,1-2H3,(H3,11,12). The Bertz CT molecular complexity index is 345. The van der Waals surface area contributed by atoms with Gasteiger partial charge in [0.15, 0.2) is 0 Å². The maximum Gasteiger partial charge on any atom is 0.215 e. The quantitative estimate of drug-likeness (QED) is 0.495. The van der Waals surface area contributed by atoms with Gasteiger partial charge in [0.2, 0.25) is 10.0 Å². The molecule has 0 saturated heterocycles. The molecule has 0 spiro atoms. The second-order valence-electron chi connectivity index (χ2n) is 4.75. The van der Waals surface area contributed by atoms with Gasteiger partial charge in [0.25, 0.3) is 0 Å². The number of nitrogens with two attached hydrogens (primary N) is 1. The second kappa shape index (κ2) is 5.14. The highest BCUT2D eigenvalue weighted by Crippen LogP contribution is 2.24. The van der Waals surface area contributed by atoms with Crippen molar-refractivity contribution in [2.24, 2.45) is 11.7 Å². The van der Waals surface area contributed by atoms with Crippen molar-refractivity contribution in [2.75, 3.05) is 0 Å². The average molecular weight is 247 g/mol. The Labute approximate surface area is 97.4 Å². The van der Waals surface area contributed by atoms with Crippen LogP contribution < -0.4 is 10.5 Å². The van der Waals surface area contributed by atoms with Crippen LogP contribution in [0.15, 0.2) is 0 Å². The second-order valence-corrected chi connectivity index (χ2v) is 6.74. The van der Waals surface area contributed by atoms with Gasteiger partial charge in [-0.2, -0.15) is 0 Å². The Balaban J connectivity index is 2.73. The van der Waals surface area contributed by atoms with Crippen molar-refractivity contribution in [1.29, 1.82) is 5.41 Å². The minimum Gasteiger partial charge on any atom is -0.386 e. The number of hydrogen-bond donors (Lipinski definition) is 3. The van der Waals surface area contributed by atoms with Crippen molar-refractivity contribution in [3.63, 3.8) is 0 Å². The van der Waals surface area contributed by atoms with E-state index in [9.17, 15) is 8.42 Å². The van der Waals surface area contributed by atoms with Crippen molar-refractivity contribution >= 4 is 15.9 Å². The highest BCUT2D eigenvalue weighted by molar-refractivity contribution is 7.90. The first-order chi connectivity index (χ1) is 7.34. The van der Waals surface area contributed by atoms with Crippen LogP contribution in [0.25, 0.3) is 0 Å². The maximum absolute atomic E-state index is 12.0. The third-order valence-corrected chi connectivity index (χ3v) is 4.97. The smallest absolute Gasteiger partial charge is 0.215 e. The summed E-state index contributed by atoms with van der Waals surface area (Å²) in [5.41, 5.74) is 5.40. The van der Waals surface area contributed by atoms with E-state index in [-0.39, 0.29) is 17.0 Å². The summed E-state index contributed by atoms with van der Waals surface area (Å²) in [6.45, 7) is 3.70. The summed E-state index contributed by atoms with van der Waals surface area (Å²) in [4.78, 5) is 0. The SMILES string of the molecule is CC(C)C(NS(=O)(=O)C1CCCC1)C(=N)N. The Morgan fingerprint density at radius 1 is 1.38 bits per heavy atom. The molecule has 1 fully saturated rings. The summed E-state index contributed by atoms with van der Waals surface area (Å²) >= 11 is 0. The molecular formula is C10H21N3O2S. The first-order valence-electron chi connectivity index (χ1n) is 5.69. The van der Waals surface area contributed by atoms with Crippen LogP contribution >= 0.6 is 0 Å². The van der Waals surface area contributed by atoms with E-state index < -0.39 is 16.1 Å². The fourth-order valence-corrected chi connectivity index (χ4v) is 3.93. The normalized spacial score (nSPS) is 20.2. The van der Waals surface area contributed by atoms with Gasteiger partial charge in [-0.1, -0.05) is 26.7 Å². The van der Waals surface area contributed by atoms with Gasteiger partial charge in [0, 0.05) is 0 Å². The number of nitrogens with one attached hydrogen (secondary N) is 2. The van der Waals surface area contributed by atoms with E-state index in [0.717, 1.165) is 25.7 Å². The van der Waals surface area contributed by atoms with E-state index in [0.29, 0.717) is 0 Å². The van der Waals surface area contributed by atoms with Crippen LogP contribution in [-0.4, -0.2) is 25.5 Å². The highest BCUT2D eigenvalue weighted by atomic mass is 32.2. The van der Waals surface area contributed by atoms with Crippen LogP contribution in [0.4, 0.5) is 0 Å². The van der Waals surface area contributed by atoms with Gasteiger partial charge in [-0.25, -0.2) is 13.1 Å². The van der Waals surface area contributed by atoms with Crippen LogP contribution in [0.2, 0.25) is 0 Å². The Morgan fingerprint density at radius 3 is 2.25 bits per heavy atom. The highest BCUT2D eigenvalue weighted by Gasteiger charge is 2.32. The van der Waals surface area contributed by atoms with Gasteiger partial charge < -0.3 is 5.73 Å². The zero-order chi connectivity index (χ0) is 12.3. The molecule has 0 aromatic rings. The molecule has 1 saturated carbocycles. The summed E-state index contributed by atoms with van der Waals surface area (Å²) in [6.07, 6.45) is 3.38. The summed E-state index contributed by atoms with van der Waals surface area (Å²) in [7, 11) is -3.32. The van der Waals surface area contributed by atoms with Gasteiger partial charge in [0.1, 0.15) is 5.84 Å². The van der Waals surface area contributed by atoms with E-state index in [2.05, 4.69) is 4.72 Å². The molecule has 0 bridgehead atoms. The first kappa shape index (κ1) is 13.4. The molecule has 1 unspecified atom stereocenters. The summed E-state index contributed by atoms with van der Waals surface area (Å²) in [5.74, 6) is -0.120. The molecule has 1 rings (SSSR count). The molecule has 4 N–H and O–H groups in total. The van der Waals surface area contributed by atoms with Crippen LogP contribution in [-0.2, 0) is 10.0 Å². The molecule has 0 radical (unpaired) electrons. The molecule has 1 aliphatic carbocycles. The van der Waals surface area contributed by atoms with Crippen LogP contribution in [0.5, 0.6) is 0 Å². The van der Waals surface area contributed by atoms with E-state index in [4.69, 9.17) is 11.1 Å². The summed E-state index contributed by atoms with van der Waals surface area (Å²) < 4.78 is 26.5. The third-order valence-electron chi connectivity index (χ3n) is 3.03. The van der Waals surface area contributed by atoms with Crippen LogP contribution in [0, 0.1) is 11.3 Å². The minimum atomic E-state index is -3.32. The molecule has 94 valence electrons. The van der Waals surface area contributed by atoms with E-state index in [1.807, 2.05) is 13.8 Å². The Hall–Kier alpha value is -0.620. The lowest BCUT2D eigenvalue weighted by molar-refractivity contribution is 0.513. The van der Waals surface area contributed by atoms with Gasteiger partial charge in [0.05, 0.1) is 11.3 Å². The van der Waals surface area contributed by atoms with Crippen LogP contribution in [0.3, 0.4) is 0 Å². The largest absolute Gasteiger partial charge is 0.386 e. The molecule has 0 aromatic carbocycles. The number of hydrogen-bond acceptors (Lipinski definition) is 3. The molecule has 0 heterocycles. The van der Waals surface area contributed by atoms with Crippen molar-refractivity contribution in [3.8, 4) is 0 Å². The number of amidine groups is 1. The lowest BCUT2D eigenvalue weighted by Gasteiger charge is -2.23. The predicted octanol–water partition coefficient (Wildman–Crippen LogP) is 0.809. The van der Waals surface area contributed by atoms with Gasteiger partial charge >= 0.3 is 0 Å². The summed E-state index contributed by atoms with van der Waals surface area (Å²) in [6, 6.07) is -0.578. The fourth-order valence-electron chi connectivity index (χ4n) is 2.03. The lowest BCUT2D eigenvalue weighted by atomic mass is 10.1.